The van der Waals surface area contributed by atoms with Crippen LogP contribution < -0.4 is 11.1 Å². The van der Waals surface area contributed by atoms with Crippen molar-refractivity contribution in [3.63, 3.8) is 0 Å². The highest BCUT2D eigenvalue weighted by Crippen LogP contribution is 2.32. The number of nitrogens with two attached hydrogens (primary N) is 1. The number of rotatable bonds is 4. The van der Waals surface area contributed by atoms with Crippen molar-refractivity contribution in [2.45, 2.75) is 5.92 Å². The summed E-state index contributed by atoms with van der Waals surface area (Å²) in [4.78, 5) is 13.0. The summed E-state index contributed by atoms with van der Waals surface area (Å²) in [5, 5.41) is 3.49. The van der Waals surface area contributed by atoms with Crippen molar-refractivity contribution in [3.05, 3.63) is 94.0 Å². The first-order chi connectivity index (χ1) is 12.1. The largest absolute Gasteiger partial charge is 0.396 e. The molecule has 0 atom stereocenters. The molecule has 25 heavy (non-hydrogen) atoms. The van der Waals surface area contributed by atoms with Crippen molar-refractivity contribution in [2.75, 3.05) is 11.1 Å². The summed E-state index contributed by atoms with van der Waals surface area (Å²) in [5.74, 6) is -0.619. The highest BCUT2D eigenvalue weighted by atomic mass is 35.5. The van der Waals surface area contributed by atoms with Gasteiger partial charge in [0.1, 0.15) is 0 Å². The summed E-state index contributed by atoms with van der Waals surface area (Å²) in [7, 11) is 0. The normalized spacial score (nSPS) is 10.7. The van der Waals surface area contributed by atoms with Crippen LogP contribution in [0.4, 0.5) is 11.4 Å². The summed E-state index contributed by atoms with van der Waals surface area (Å²) < 4.78 is 0. The van der Waals surface area contributed by atoms with E-state index in [-0.39, 0.29) is 5.91 Å². The summed E-state index contributed by atoms with van der Waals surface area (Å²) in [6, 6.07) is 22.4. The zero-order valence-corrected chi connectivity index (χ0v) is 14.8. The van der Waals surface area contributed by atoms with Crippen LogP contribution in [0.25, 0.3) is 0 Å². The smallest absolute Gasteiger partial charge is 0.236 e. The fraction of sp³-hybridized carbons (Fsp3) is 0.0500. The number of amides is 1. The minimum atomic E-state index is -0.447. The summed E-state index contributed by atoms with van der Waals surface area (Å²) in [6.07, 6.45) is 0. The highest BCUT2D eigenvalue weighted by molar-refractivity contribution is 6.39. The molecule has 0 heterocycles. The van der Waals surface area contributed by atoms with E-state index in [0.717, 1.165) is 11.1 Å². The van der Waals surface area contributed by atoms with E-state index in [4.69, 9.17) is 28.9 Å². The SMILES string of the molecule is Nc1c(Cl)cc(NC(=O)C(c2ccccc2)c2ccccc2)cc1Cl. The molecule has 1 amide bonds. The van der Waals surface area contributed by atoms with Crippen LogP contribution in [0.5, 0.6) is 0 Å². The molecule has 0 fully saturated rings. The standard InChI is InChI=1S/C20H16Cl2N2O/c21-16-11-15(12-17(22)19(16)23)24-20(25)18(13-7-3-1-4-8-13)14-9-5-2-6-10-14/h1-12,18H,23H2,(H,24,25). The average molecular weight is 371 g/mol. The maximum atomic E-state index is 13.0. The Morgan fingerprint density at radius 1 is 0.840 bits per heavy atom. The Hall–Kier alpha value is -2.49. The zero-order valence-electron chi connectivity index (χ0n) is 13.2. The van der Waals surface area contributed by atoms with E-state index in [1.165, 1.54) is 0 Å². The second kappa shape index (κ2) is 7.60. The van der Waals surface area contributed by atoms with Crippen molar-refractivity contribution >= 4 is 40.5 Å². The lowest BCUT2D eigenvalue weighted by molar-refractivity contribution is -0.116. The maximum absolute atomic E-state index is 13.0. The fourth-order valence-corrected chi connectivity index (χ4v) is 3.14. The molecule has 3 nitrogen and oxygen atoms in total. The first kappa shape index (κ1) is 17.3. The van der Waals surface area contributed by atoms with Crippen LogP contribution in [0.3, 0.4) is 0 Å². The van der Waals surface area contributed by atoms with E-state index in [9.17, 15) is 4.79 Å². The Labute approximate surface area is 156 Å². The number of hydrogen-bond donors (Lipinski definition) is 2. The molecule has 0 aliphatic carbocycles. The quantitative estimate of drug-likeness (QED) is 0.608. The number of benzene rings is 3. The van der Waals surface area contributed by atoms with Gasteiger partial charge in [-0.1, -0.05) is 83.9 Å². The molecular formula is C20H16Cl2N2O. The average Bonchev–Trinajstić information content (AvgIpc) is 2.61. The van der Waals surface area contributed by atoms with Crippen LogP contribution in [-0.4, -0.2) is 5.91 Å². The number of nitrogen functional groups attached to an aromatic ring is 1. The predicted octanol–water partition coefficient (Wildman–Crippen LogP) is 5.35. The van der Waals surface area contributed by atoms with Gasteiger partial charge in [-0.05, 0) is 23.3 Å². The van der Waals surface area contributed by atoms with E-state index in [1.54, 1.807) is 12.1 Å². The van der Waals surface area contributed by atoms with E-state index in [2.05, 4.69) is 5.32 Å². The molecule has 3 N–H and O–H groups in total. The van der Waals surface area contributed by atoms with Crippen LogP contribution in [-0.2, 0) is 4.79 Å². The number of halogens is 2. The van der Waals surface area contributed by atoms with Gasteiger partial charge in [0, 0.05) is 5.69 Å². The molecule has 0 aliphatic rings. The third-order valence-corrected chi connectivity index (χ3v) is 4.50. The van der Waals surface area contributed by atoms with Crippen LogP contribution >= 0.6 is 23.2 Å². The molecule has 0 unspecified atom stereocenters. The van der Waals surface area contributed by atoms with Gasteiger partial charge >= 0.3 is 0 Å². The number of carbonyl (C=O) groups is 1. The summed E-state index contributed by atoms with van der Waals surface area (Å²) in [5.41, 5.74) is 8.35. The number of anilines is 2. The lowest BCUT2D eigenvalue weighted by Gasteiger charge is -2.18. The second-order valence-corrected chi connectivity index (χ2v) is 6.41. The Morgan fingerprint density at radius 2 is 1.28 bits per heavy atom. The van der Waals surface area contributed by atoms with Crippen LogP contribution in [0, 0.1) is 0 Å². The third-order valence-electron chi connectivity index (χ3n) is 3.87. The minimum absolute atomic E-state index is 0.172. The molecule has 3 aromatic rings. The Kier molecular flexibility index (Phi) is 5.27. The van der Waals surface area contributed by atoms with E-state index in [0.29, 0.717) is 21.4 Å². The van der Waals surface area contributed by atoms with Gasteiger partial charge in [0.05, 0.1) is 21.7 Å². The van der Waals surface area contributed by atoms with Gasteiger partial charge in [-0.15, -0.1) is 0 Å². The molecule has 0 aliphatic heterocycles. The summed E-state index contributed by atoms with van der Waals surface area (Å²) in [6.45, 7) is 0. The topological polar surface area (TPSA) is 55.1 Å². The van der Waals surface area contributed by atoms with Gasteiger partial charge in [-0.3, -0.25) is 4.79 Å². The highest BCUT2D eigenvalue weighted by Gasteiger charge is 2.23. The van der Waals surface area contributed by atoms with Gasteiger partial charge in [0.25, 0.3) is 0 Å². The Morgan fingerprint density at radius 3 is 1.72 bits per heavy atom. The molecule has 0 radical (unpaired) electrons. The molecule has 0 saturated heterocycles. The maximum Gasteiger partial charge on any atom is 0.236 e. The van der Waals surface area contributed by atoms with Crippen molar-refractivity contribution in [1.82, 2.24) is 0 Å². The van der Waals surface area contributed by atoms with Gasteiger partial charge in [-0.2, -0.15) is 0 Å². The molecule has 0 bridgehead atoms. The Balaban J connectivity index is 1.95. The molecule has 0 spiro atoms. The molecule has 3 rings (SSSR count). The zero-order chi connectivity index (χ0) is 17.8. The Bertz CT molecular complexity index is 820. The number of carbonyl (C=O) groups excluding carboxylic acids is 1. The van der Waals surface area contributed by atoms with Crippen LogP contribution in [0.15, 0.2) is 72.8 Å². The van der Waals surface area contributed by atoms with E-state index >= 15 is 0 Å². The van der Waals surface area contributed by atoms with Crippen molar-refractivity contribution in [1.29, 1.82) is 0 Å². The molecule has 126 valence electrons. The number of nitrogens with one attached hydrogen (secondary N) is 1. The van der Waals surface area contributed by atoms with Crippen LogP contribution in [0.2, 0.25) is 10.0 Å². The summed E-state index contributed by atoms with van der Waals surface area (Å²) >= 11 is 12.1. The van der Waals surface area contributed by atoms with Gasteiger partial charge in [-0.25, -0.2) is 0 Å². The van der Waals surface area contributed by atoms with Crippen molar-refractivity contribution in [3.8, 4) is 0 Å². The molecule has 5 heteroatoms. The molecular weight excluding hydrogens is 355 g/mol. The van der Waals surface area contributed by atoms with Gasteiger partial charge in [0.2, 0.25) is 5.91 Å². The second-order valence-electron chi connectivity index (χ2n) is 5.60. The molecule has 0 aromatic heterocycles. The number of hydrogen-bond acceptors (Lipinski definition) is 2. The lowest BCUT2D eigenvalue weighted by Crippen LogP contribution is -2.22. The van der Waals surface area contributed by atoms with Gasteiger partial charge in [0.15, 0.2) is 0 Å². The lowest BCUT2D eigenvalue weighted by atomic mass is 9.90. The van der Waals surface area contributed by atoms with Crippen LogP contribution in [0.1, 0.15) is 17.0 Å². The predicted molar refractivity (Wildman–Crippen MR) is 104 cm³/mol. The third kappa shape index (κ3) is 3.95. The first-order valence-electron chi connectivity index (χ1n) is 7.71. The molecule has 0 saturated carbocycles. The van der Waals surface area contributed by atoms with E-state index in [1.807, 2.05) is 60.7 Å². The fourth-order valence-electron chi connectivity index (χ4n) is 2.66. The monoisotopic (exact) mass is 370 g/mol. The minimum Gasteiger partial charge on any atom is -0.396 e. The first-order valence-corrected chi connectivity index (χ1v) is 8.47. The van der Waals surface area contributed by atoms with E-state index < -0.39 is 5.92 Å². The van der Waals surface area contributed by atoms with Crippen molar-refractivity contribution in [2.24, 2.45) is 0 Å². The molecule has 3 aromatic carbocycles. The van der Waals surface area contributed by atoms with Gasteiger partial charge < -0.3 is 11.1 Å². The van der Waals surface area contributed by atoms with Crippen molar-refractivity contribution < 1.29 is 4.79 Å².